The topological polar surface area (TPSA) is 49.6 Å². The Labute approximate surface area is 139 Å². The van der Waals surface area contributed by atoms with Gasteiger partial charge in [-0.3, -0.25) is 9.69 Å². The molecule has 4 heteroatoms. The number of nitrogens with zero attached hydrogens (tertiary/aromatic N) is 2. The fourth-order valence-corrected chi connectivity index (χ4v) is 4.22. The first-order valence-electron chi connectivity index (χ1n) is 8.94. The van der Waals surface area contributed by atoms with Crippen LogP contribution >= 0.6 is 0 Å². The molecule has 2 fully saturated rings. The summed E-state index contributed by atoms with van der Waals surface area (Å²) in [5.41, 5.74) is 7.35. The highest BCUT2D eigenvalue weighted by Crippen LogP contribution is 2.37. The fraction of sp³-hybridized carbons (Fsp3) is 0.632. The number of rotatable bonds is 3. The monoisotopic (exact) mass is 315 g/mol. The summed E-state index contributed by atoms with van der Waals surface area (Å²) in [6.07, 6.45) is 6.25. The van der Waals surface area contributed by atoms with Gasteiger partial charge < -0.3 is 10.6 Å². The van der Waals surface area contributed by atoms with Gasteiger partial charge in [0.15, 0.2) is 0 Å². The van der Waals surface area contributed by atoms with Crippen LogP contribution in [-0.4, -0.2) is 46.9 Å². The van der Waals surface area contributed by atoms with Crippen LogP contribution in [0.25, 0.3) is 0 Å². The molecule has 1 atom stereocenters. The number of carbonyl (C=O) groups is 1. The molecule has 1 aromatic carbocycles. The molecule has 126 valence electrons. The third-order valence-corrected chi connectivity index (χ3v) is 5.50. The highest BCUT2D eigenvalue weighted by Gasteiger charge is 2.43. The second kappa shape index (κ2) is 7.02. The minimum Gasteiger partial charge on any atom is -0.338 e. The maximum Gasteiger partial charge on any atom is 0.239 e. The zero-order valence-electron chi connectivity index (χ0n) is 14.2. The van der Waals surface area contributed by atoms with Crippen LogP contribution in [0.3, 0.4) is 0 Å². The number of hydrogen-bond acceptors (Lipinski definition) is 3. The van der Waals surface area contributed by atoms with Crippen LogP contribution in [0.4, 0.5) is 0 Å². The number of carbonyl (C=O) groups excluding carboxylic acids is 1. The molecule has 1 aliphatic heterocycles. The Morgan fingerprint density at radius 1 is 1.17 bits per heavy atom. The first-order chi connectivity index (χ1) is 11.1. The van der Waals surface area contributed by atoms with Gasteiger partial charge in [0.2, 0.25) is 5.91 Å². The van der Waals surface area contributed by atoms with Crippen molar-refractivity contribution in [2.24, 2.45) is 5.73 Å². The Balaban J connectivity index is 1.78. The van der Waals surface area contributed by atoms with Crippen LogP contribution in [0.15, 0.2) is 30.3 Å². The summed E-state index contributed by atoms with van der Waals surface area (Å²) in [7, 11) is 0. The van der Waals surface area contributed by atoms with E-state index < -0.39 is 6.04 Å². The van der Waals surface area contributed by atoms with Gasteiger partial charge in [-0.15, -0.1) is 0 Å². The van der Waals surface area contributed by atoms with Gasteiger partial charge in [0.25, 0.3) is 0 Å². The lowest BCUT2D eigenvalue weighted by Gasteiger charge is -2.53. The van der Waals surface area contributed by atoms with Crippen molar-refractivity contribution in [3.05, 3.63) is 35.9 Å². The lowest BCUT2D eigenvalue weighted by molar-refractivity contribution is -0.139. The lowest BCUT2D eigenvalue weighted by Crippen LogP contribution is -2.64. The van der Waals surface area contributed by atoms with Crippen molar-refractivity contribution < 1.29 is 4.79 Å². The molecule has 0 radical (unpaired) electrons. The summed E-state index contributed by atoms with van der Waals surface area (Å²) in [6, 6.07) is 10.3. The Kier molecular flexibility index (Phi) is 5.02. The van der Waals surface area contributed by atoms with Gasteiger partial charge in [0.1, 0.15) is 0 Å². The third kappa shape index (κ3) is 3.59. The van der Waals surface area contributed by atoms with Crippen molar-refractivity contribution in [2.75, 3.05) is 19.6 Å². The van der Waals surface area contributed by atoms with Crippen molar-refractivity contribution in [2.45, 2.75) is 57.2 Å². The summed E-state index contributed by atoms with van der Waals surface area (Å²) in [6.45, 7) is 5.38. The molecule has 1 unspecified atom stereocenters. The number of hydrogen-bond donors (Lipinski definition) is 1. The van der Waals surface area contributed by atoms with Gasteiger partial charge in [0.05, 0.1) is 6.04 Å². The zero-order valence-corrected chi connectivity index (χ0v) is 14.2. The van der Waals surface area contributed by atoms with E-state index in [1.54, 1.807) is 6.92 Å². The van der Waals surface area contributed by atoms with Crippen LogP contribution in [0.2, 0.25) is 0 Å². The Morgan fingerprint density at radius 2 is 1.87 bits per heavy atom. The third-order valence-electron chi connectivity index (χ3n) is 5.50. The average Bonchev–Trinajstić information content (AvgIpc) is 2.58. The Hall–Kier alpha value is -1.39. The summed E-state index contributed by atoms with van der Waals surface area (Å²) in [4.78, 5) is 17.0. The molecule has 1 aromatic rings. The average molecular weight is 315 g/mol. The molecule has 1 amide bonds. The minimum absolute atomic E-state index is 0.106. The van der Waals surface area contributed by atoms with E-state index in [1.807, 2.05) is 4.90 Å². The van der Waals surface area contributed by atoms with Crippen molar-refractivity contribution >= 4 is 5.91 Å². The summed E-state index contributed by atoms with van der Waals surface area (Å²) in [5.74, 6) is 0.106. The lowest BCUT2D eigenvalue weighted by atomic mass is 9.78. The predicted octanol–water partition coefficient (Wildman–Crippen LogP) is 2.38. The molecule has 0 aromatic heterocycles. The maximum atomic E-state index is 12.4. The molecule has 4 nitrogen and oxygen atoms in total. The minimum atomic E-state index is -0.392. The normalized spacial score (nSPS) is 23.0. The standard InChI is InChI=1S/C19H29N3O/c1-16(20)18(23)21-12-13-22(14-17-8-4-2-5-9-17)19(15-21)10-6-3-7-11-19/h2,4-5,8-9,16H,3,6-7,10-15,20H2,1H3. The van der Waals surface area contributed by atoms with E-state index in [1.165, 1.54) is 37.7 Å². The largest absolute Gasteiger partial charge is 0.338 e. The van der Waals surface area contributed by atoms with E-state index in [0.29, 0.717) is 0 Å². The summed E-state index contributed by atoms with van der Waals surface area (Å²) >= 11 is 0. The smallest absolute Gasteiger partial charge is 0.239 e. The number of piperazine rings is 1. The van der Waals surface area contributed by atoms with Crippen LogP contribution in [0.1, 0.15) is 44.6 Å². The van der Waals surface area contributed by atoms with Gasteiger partial charge in [-0.2, -0.15) is 0 Å². The summed E-state index contributed by atoms with van der Waals surface area (Å²) < 4.78 is 0. The van der Waals surface area contributed by atoms with E-state index in [9.17, 15) is 4.79 Å². The van der Waals surface area contributed by atoms with E-state index in [-0.39, 0.29) is 11.4 Å². The number of nitrogens with two attached hydrogens (primary N) is 1. The molecule has 2 aliphatic rings. The summed E-state index contributed by atoms with van der Waals surface area (Å²) in [5, 5.41) is 0. The molecule has 1 saturated heterocycles. The Bertz CT molecular complexity index is 523. The highest BCUT2D eigenvalue weighted by molar-refractivity contribution is 5.81. The molecule has 1 heterocycles. The van der Waals surface area contributed by atoms with Crippen LogP contribution in [0, 0.1) is 0 Å². The first kappa shape index (κ1) is 16.5. The van der Waals surface area contributed by atoms with Crippen LogP contribution < -0.4 is 5.73 Å². The van der Waals surface area contributed by atoms with Crippen LogP contribution in [0.5, 0.6) is 0 Å². The quantitative estimate of drug-likeness (QED) is 0.932. The van der Waals surface area contributed by atoms with Gasteiger partial charge in [-0.05, 0) is 25.3 Å². The van der Waals surface area contributed by atoms with Gasteiger partial charge in [-0.25, -0.2) is 0 Å². The highest BCUT2D eigenvalue weighted by atomic mass is 16.2. The van der Waals surface area contributed by atoms with Gasteiger partial charge in [-0.1, -0.05) is 49.6 Å². The number of amides is 1. The predicted molar refractivity (Wildman–Crippen MR) is 92.9 cm³/mol. The molecule has 1 spiro atoms. The van der Waals surface area contributed by atoms with Crippen molar-refractivity contribution in [1.82, 2.24) is 9.80 Å². The molecule has 2 N–H and O–H groups in total. The maximum absolute atomic E-state index is 12.4. The molecule has 1 saturated carbocycles. The van der Waals surface area contributed by atoms with E-state index in [0.717, 1.165) is 26.2 Å². The Morgan fingerprint density at radius 3 is 2.52 bits per heavy atom. The zero-order chi connectivity index (χ0) is 16.3. The van der Waals surface area contributed by atoms with E-state index in [2.05, 4.69) is 35.2 Å². The van der Waals surface area contributed by atoms with Crippen molar-refractivity contribution in [3.63, 3.8) is 0 Å². The second-order valence-electron chi connectivity index (χ2n) is 7.24. The van der Waals surface area contributed by atoms with Crippen molar-refractivity contribution in [1.29, 1.82) is 0 Å². The van der Waals surface area contributed by atoms with Crippen LogP contribution in [-0.2, 0) is 11.3 Å². The molecular formula is C19H29N3O. The first-order valence-corrected chi connectivity index (χ1v) is 8.94. The number of benzene rings is 1. The van der Waals surface area contributed by atoms with Gasteiger partial charge in [0, 0.05) is 31.7 Å². The molecular weight excluding hydrogens is 286 g/mol. The SMILES string of the molecule is CC(N)C(=O)N1CCN(Cc2ccccc2)C2(CCCCC2)C1. The second-order valence-corrected chi connectivity index (χ2v) is 7.24. The fourth-order valence-electron chi connectivity index (χ4n) is 4.22. The molecule has 23 heavy (non-hydrogen) atoms. The van der Waals surface area contributed by atoms with Gasteiger partial charge >= 0.3 is 0 Å². The van der Waals surface area contributed by atoms with Crippen molar-refractivity contribution in [3.8, 4) is 0 Å². The van der Waals surface area contributed by atoms with E-state index in [4.69, 9.17) is 5.73 Å². The molecule has 0 bridgehead atoms. The van der Waals surface area contributed by atoms with E-state index >= 15 is 0 Å². The molecule has 3 rings (SSSR count). The molecule has 1 aliphatic carbocycles.